The minimum atomic E-state index is -0.335. The molecule has 0 bridgehead atoms. The number of allylic oxidation sites excluding steroid dienone is 3. The predicted octanol–water partition coefficient (Wildman–Crippen LogP) is 2.50. The molecule has 1 heterocycles. The van der Waals surface area contributed by atoms with E-state index in [2.05, 4.69) is 4.99 Å². The van der Waals surface area contributed by atoms with Gasteiger partial charge in [0.05, 0.1) is 25.2 Å². The number of ether oxygens (including phenoxy) is 2. The van der Waals surface area contributed by atoms with Crippen LogP contribution in [0.5, 0.6) is 0 Å². The van der Waals surface area contributed by atoms with Crippen molar-refractivity contribution < 1.29 is 18.7 Å². The number of hydrogen-bond acceptors (Lipinski definition) is 4. The summed E-state index contributed by atoms with van der Waals surface area (Å²) in [6.45, 7) is 2.63. The molecule has 0 aliphatic heterocycles. The molecule has 0 saturated heterocycles. The van der Waals surface area contributed by atoms with E-state index in [1.165, 1.54) is 0 Å². The van der Waals surface area contributed by atoms with E-state index >= 15 is 0 Å². The average molecular weight is 277 g/mol. The zero-order valence-electron chi connectivity index (χ0n) is 11.7. The highest BCUT2D eigenvalue weighted by atomic mass is 16.5. The van der Waals surface area contributed by atoms with Crippen LogP contribution in [0.2, 0.25) is 0 Å². The number of amides is 1. The monoisotopic (exact) mass is 277 g/mol. The van der Waals surface area contributed by atoms with E-state index in [9.17, 15) is 4.79 Å². The van der Waals surface area contributed by atoms with Gasteiger partial charge in [0.15, 0.2) is 0 Å². The molecule has 0 fully saturated rings. The van der Waals surface area contributed by atoms with Gasteiger partial charge in [-0.05, 0) is 37.3 Å². The maximum atomic E-state index is 11.6. The Labute approximate surface area is 118 Å². The van der Waals surface area contributed by atoms with Crippen LogP contribution in [-0.4, -0.2) is 38.5 Å². The first kappa shape index (κ1) is 16.1. The van der Waals surface area contributed by atoms with Crippen molar-refractivity contribution in [2.75, 3.05) is 26.9 Å². The molecular weight excluding hydrogens is 258 g/mol. The number of nitrogens with zero attached hydrogens (tertiary/aromatic N) is 1. The van der Waals surface area contributed by atoms with Crippen LogP contribution in [0.25, 0.3) is 6.08 Å². The minimum absolute atomic E-state index is 0.0565. The molecule has 0 aromatic carbocycles. The van der Waals surface area contributed by atoms with Crippen LogP contribution >= 0.6 is 0 Å². The highest BCUT2D eigenvalue weighted by Crippen LogP contribution is 2.03. The maximum absolute atomic E-state index is 11.6. The maximum Gasteiger partial charge on any atom is 0.272 e. The first-order valence-electron chi connectivity index (χ1n) is 6.28. The Morgan fingerprint density at radius 3 is 2.90 bits per heavy atom. The highest BCUT2D eigenvalue weighted by molar-refractivity contribution is 6.11. The summed E-state index contributed by atoms with van der Waals surface area (Å²) in [5, 5.41) is 0. The fourth-order valence-corrected chi connectivity index (χ4v) is 1.33. The third-order valence-electron chi connectivity index (χ3n) is 2.21. The van der Waals surface area contributed by atoms with Crippen molar-refractivity contribution in [3.63, 3.8) is 0 Å². The van der Waals surface area contributed by atoms with E-state index in [1.54, 1.807) is 37.7 Å². The van der Waals surface area contributed by atoms with E-state index in [0.29, 0.717) is 24.7 Å². The van der Waals surface area contributed by atoms with Crippen molar-refractivity contribution in [2.24, 2.45) is 4.99 Å². The van der Waals surface area contributed by atoms with Gasteiger partial charge in [0.2, 0.25) is 0 Å². The van der Waals surface area contributed by atoms with Gasteiger partial charge < -0.3 is 13.9 Å². The molecule has 1 amide bonds. The fourth-order valence-electron chi connectivity index (χ4n) is 1.33. The van der Waals surface area contributed by atoms with Crippen LogP contribution in [0, 0.1) is 0 Å². The van der Waals surface area contributed by atoms with Crippen LogP contribution in [-0.2, 0) is 14.3 Å². The Kier molecular flexibility index (Phi) is 7.95. The summed E-state index contributed by atoms with van der Waals surface area (Å²) in [4.78, 5) is 15.6. The number of furan rings is 1. The van der Waals surface area contributed by atoms with Gasteiger partial charge in [-0.15, -0.1) is 0 Å². The average Bonchev–Trinajstić information content (AvgIpc) is 2.94. The van der Waals surface area contributed by atoms with Gasteiger partial charge in [-0.1, -0.05) is 6.08 Å². The second kappa shape index (κ2) is 9.89. The summed E-state index contributed by atoms with van der Waals surface area (Å²) in [6, 6.07) is 3.61. The van der Waals surface area contributed by atoms with Crippen LogP contribution in [0.4, 0.5) is 0 Å². The van der Waals surface area contributed by atoms with Gasteiger partial charge in [0, 0.05) is 7.11 Å². The van der Waals surface area contributed by atoms with Gasteiger partial charge in [-0.25, -0.2) is 4.99 Å². The molecule has 0 N–H and O–H groups in total. The number of carbonyl (C=O) groups is 1. The molecule has 5 nitrogen and oxygen atoms in total. The highest BCUT2D eigenvalue weighted by Gasteiger charge is 2.00. The summed E-state index contributed by atoms with van der Waals surface area (Å²) >= 11 is 0. The zero-order valence-corrected chi connectivity index (χ0v) is 11.7. The first-order valence-corrected chi connectivity index (χ1v) is 6.28. The molecule has 0 spiro atoms. The lowest BCUT2D eigenvalue weighted by Gasteiger charge is -2.00. The Morgan fingerprint density at radius 2 is 2.25 bits per heavy atom. The topological polar surface area (TPSA) is 61.0 Å². The Balaban J connectivity index is 2.55. The first-order chi connectivity index (χ1) is 9.76. The number of hydrogen-bond donors (Lipinski definition) is 0. The molecular formula is C15H19NO4. The molecule has 0 atom stereocenters. The molecule has 0 aliphatic rings. The molecule has 1 aromatic rings. The fraction of sp³-hybridized carbons (Fsp3) is 0.333. The largest absolute Gasteiger partial charge is 0.465 e. The second-order valence-corrected chi connectivity index (χ2v) is 3.82. The van der Waals surface area contributed by atoms with Crippen LogP contribution < -0.4 is 0 Å². The van der Waals surface area contributed by atoms with Crippen LogP contribution in [0.3, 0.4) is 0 Å². The number of methoxy groups -OCH3 is 1. The second-order valence-electron chi connectivity index (χ2n) is 3.82. The molecule has 0 aliphatic carbocycles. The predicted molar refractivity (Wildman–Crippen MR) is 77.7 cm³/mol. The van der Waals surface area contributed by atoms with E-state index < -0.39 is 0 Å². The lowest BCUT2D eigenvalue weighted by atomic mass is 10.3. The lowest BCUT2D eigenvalue weighted by Crippen LogP contribution is -2.11. The van der Waals surface area contributed by atoms with Gasteiger partial charge in [0.1, 0.15) is 12.4 Å². The molecule has 0 unspecified atom stereocenters. The van der Waals surface area contributed by atoms with Gasteiger partial charge in [-0.2, -0.15) is 0 Å². The quantitative estimate of drug-likeness (QED) is 0.541. The van der Waals surface area contributed by atoms with Gasteiger partial charge in [0.25, 0.3) is 5.91 Å². The van der Waals surface area contributed by atoms with Crippen molar-refractivity contribution in [2.45, 2.75) is 6.92 Å². The van der Waals surface area contributed by atoms with Crippen molar-refractivity contribution in [3.8, 4) is 0 Å². The van der Waals surface area contributed by atoms with Crippen LogP contribution in [0.15, 0.2) is 46.0 Å². The van der Waals surface area contributed by atoms with Crippen molar-refractivity contribution in [1.29, 1.82) is 0 Å². The Morgan fingerprint density at radius 1 is 1.40 bits per heavy atom. The SMILES string of the molecule is C/C=C\C(/C=C/c1ccco1)=NC(=O)COCCOC. The van der Waals surface area contributed by atoms with Crippen molar-refractivity contribution in [3.05, 3.63) is 42.4 Å². The number of rotatable bonds is 8. The Hall–Kier alpha value is -1.98. The smallest absolute Gasteiger partial charge is 0.272 e. The summed E-state index contributed by atoms with van der Waals surface area (Å²) < 4.78 is 15.1. The Bertz CT molecular complexity index is 472. The van der Waals surface area contributed by atoms with E-state index in [1.807, 2.05) is 19.1 Å². The van der Waals surface area contributed by atoms with E-state index in [-0.39, 0.29) is 12.5 Å². The van der Waals surface area contributed by atoms with Crippen molar-refractivity contribution in [1.82, 2.24) is 0 Å². The molecule has 1 aromatic heterocycles. The van der Waals surface area contributed by atoms with E-state index in [0.717, 1.165) is 0 Å². The number of carbonyl (C=O) groups excluding carboxylic acids is 1. The summed E-state index contributed by atoms with van der Waals surface area (Å²) in [7, 11) is 1.58. The molecule has 0 saturated carbocycles. The summed E-state index contributed by atoms with van der Waals surface area (Å²) in [6.07, 6.45) is 8.60. The lowest BCUT2D eigenvalue weighted by molar-refractivity contribution is -0.122. The minimum Gasteiger partial charge on any atom is -0.465 e. The normalized spacial score (nSPS) is 12.6. The van der Waals surface area contributed by atoms with Crippen molar-refractivity contribution >= 4 is 17.7 Å². The molecule has 0 radical (unpaired) electrons. The third kappa shape index (κ3) is 6.82. The van der Waals surface area contributed by atoms with Crippen LogP contribution in [0.1, 0.15) is 12.7 Å². The molecule has 1 rings (SSSR count). The summed E-state index contributed by atoms with van der Waals surface area (Å²) in [5.41, 5.74) is 0.546. The van der Waals surface area contributed by atoms with E-state index in [4.69, 9.17) is 13.9 Å². The number of aliphatic imine (C=N–C) groups is 1. The van der Waals surface area contributed by atoms with Gasteiger partial charge >= 0.3 is 0 Å². The standard InChI is InChI=1S/C15H19NO4/c1-3-5-13(7-8-14-6-4-9-20-14)16-15(17)12-19-11-10-18-2/h3-9H,10-12H2,1-2H3/b5-3-,8-7+,16-13?. The third-order valence-corrected chi connectivity index (χ3v) is 2.21. The summed E-state index contributed by atoms with van der Waals surface area (Å²) in [5.74, 6) is 0.365. The molecule has 20 heavy (non-hydrogen) atoms. The van der Waals surface area contributed by atoms with Gasteiger partial charge in [-0.3, -0.25) is 4.79 Å². The molecule has 5 heteroatoms. The molecule has 108 valence electrons. The zero-order chi connectivity index (χ0) is 14.6.